The van der Waals surface area contributed by atoms with E-state index in [1.807, 2.05) is 66.7 Å². The van der Waals surface area contributed by atoms with Gasteiger partial charge in [-0.3, -0.25) is 24.8 Å². The normalized spacial score (nSPS) is 11.6. The SMILES string of the molecule is CC(=O)n1c(C(=O)Nc2nc(-c3ccccc3)c(C(C)OC(=O)Nc3ccccc3)s2)cc2ccccc21. The molecule has 0 spiro atoms. The summed E-state index contributed by atoms with van der Waals surface area (Å²) in [6.07, 6.45) is -1.26. The molecular weight excluding hydrogens is 500 g/mol. The number of para-hydroxylation sites is 2. The third-order valence-electron chi connectivity index (χ3n) is 5.85. The van der Waals surface area contributed by atoms with Crippen molar-refractivity contribution in [1.82, 2.24) is 9.55 Å². The zero-order valence-electron chi connectivity index (χ0n) is 20.7. The van der Waals surface area contributed by atoms with Gasteiger partial charge in [0.05, 0.1) is 16.1 Å². The number of carbonyl (C=O) groups excluding carboxylic acids is 3. The molecule has 0 bridgehead atoms. The molecule has 2 amide bonds. The monoisotopic (exact) mass is 524 g/mol. The number of aromatic nitrogens is 2. The van der Waals surface area contributed by atoms with Crippen molar-refractivity contribution in [2.24, 2.45) is 0 Å². The van der Waals surface area contributed by atoms with E-state index in [-0.39, 0.29) is 11.6 Å². The van der Waals surface area contributed by atoms with Gasteiger partial charge in [0.25, 0.3) is 5.91 Å². The molecule has 38 heavy (non-hydrogen) atoms. The molecule has 5 aromatic rings. The maximum absolute atomic E-state index is 13.3. The lowest BCUT2D eigenvalue weighted by atomic mass is 10.1. The smallest absolute Gasteiger partial charge is 0.412 e. The molecule has 0 aliphatic carbocycles. The largest absolute Gasteiger partial charge is 0.440 e. The van der Waals surface area contributed by atoms with Crippen LogP contribution in [0.5, 0.6) is 0 Å². The number of benzene rings is 3. The van der Waals surface area contributed by atoms with E-state index < -0.39 is 18.1 Å². The minimum atomic E-state index is -0.652. The van der Waals surface area contributed by atoms with Gasteiger partial charge in [-0.15, -0.1) is 0 Å². The summed E-state index contributed by atoms with van der Waals surface area (Å²) in [7, 11) is 0. The lowest BCUT2D eigenvalue weighted by Gasteiger charge is -2.14. The molecule has 9 heteroatoms. The number of hydrogen-bond acceptors (Lipinski definition) is 6. The van der Waals surface area contributed by atoms with Crippen LogP contribution in [0.4, 0.5) is 15.6 Å². The zero-order chi connectivity index (χ0) is 26.6. The highest BCUT2D eigenvalue weighted by atomic mass is 32.1. The van der Waals surface area contributed by atoms with Gasteiger partial charge in [-0.2, -0.15) is 0 Å². The van der Waals surface area contributed by atoms with Crippen LogP contribution in [-0.4, -0.2) is 27.5 Å². The van der Waals surface area contributed by atoms with Gasteiger partial charge in [-0.05, 0) is 31.2 Å². The molecule has 2 N–H and O–H groups in total. The van der Waals surface area contributed by atoms with Gasteiger partial charge < -0.3 is 4.74 Å². The van der Waals surface area contributed by atoms with Gasteiger partial charge in [-0.25, -0.2) is 9.78 Å². The summed E-state index contributed by atoms with van der Waals surface area (Å²) in [5.41, 5.74) is 2.89. The van der Waals surface area contributed by atoms with Crippen LogP contribution in [0.3, 0.4) is 0 Å². The Hall–Kier alpha value is -4.76. The van der Waals surface area contributed by atoms with E-state index in [0.29, 0.717) is 26.9 Å². The molecule has 8 nitrogen and oxygen atoms in total. The highest BCUT2D eigenvalue weighted by Gasteiger charge is 2.24. The summed E-state index contributed by atoms with van der Waals surface area (Å²) < 4.78 is 7.04. The van der Waals surface area contributed by atoms with Crippen LogP contribution in [0.15, 0.2) is 91.0 Å². The number of nitrogens with zero attached hydrogens (tertiary/aromatic N) is 2. The summed E-state index contributed by atoms with van der Waals surface area (Å²) >= 11 is 1.21. The number of thiazole rings is 1. The minimum absolute atomic E-state index is 0.211. The van der Waals surface area contributed by atoms with Gasteiger partial charge in [0.2, 0.25) is 5.91 Å². The van der Waals surface area contributed by atoms with Gasteiger partial charge >= 0.3 is 6.09 Å². The standard InChI is InChI=1S/C29H24N4O4S/c1-18(37-29(36)30-22-14-7-4-8-15-22)26-25(20-11-5-3-6-12-20)31-28(38-26)32-27(35)24-17-21-13-9-10-16-23(21)33(24)19(2)34/h3-18H,1-2H3,(H,30,36)(H,31,32,35). The Morgan fingerprint density at radius 3 is 2.26 bits per heavy atom. The predicted molar refractivity (Wildman–Crippen MR) is 149 cm³/mol. The first-order valence-corrected chi connectivity index (χ1v) is 12.7. The maximum atomic E-state index is 13.3. The lowest BCUT2D eigenvalue weighted by molar-refractivity contribution is 0.0916. The van der Waals surface area contributed by atoms with Crippen LogP contribution in [-0.2, 0) is 4.74 Å². The summed E-state index contributed by atoms with van der Waals surface area (Å²) in [5, 5.41) is 6.65. The number of rotatable bonds is 6. The van der Waals surface area contributed by atoms with Crippen LogP contribution in [0.25, 0.3) is 22.2 Å². The van der Waals surface area contributed by atoms with E-state index in [2.05, 4.69) is 15.6 Å². The average molecular weight is 525 g/mol. The first kappa shape index (κ1) is 24.9. The summed E-state index contributed by atoms with van der Waals surface area (Å²) in [5.74, 6) is -0.737. The van der Waals surface area contributed by atoms with E-state index >= 15 is 0 Å². The van der Waals surface area contributed by atoms with Crippen molar-refractivity contribution in [1.29, 1.82) is 0 Å². The maximum Gasteiger partial charge on any atom is 0.412 e. The van der Waals surface area contributed by atoms with Crippen molar-refractivity contribution in [2.75, 3.05) is 10.6 Å². The second-order valence-electron chi connectivity index (χ2n) is 8.53. The van der Waals surface area contributed by atoms with Crippen molar-refractivity contribution in [3.63, 3.8) is 0 Å². The first-order valence-electron chi connectivity index (χ1n) is 11.9. The molecule has 2 aromatic heterocycles. The van der Waals surface area contributed by atoms with Crippen molar-refractivity contribution >= 4 is 51.0 Å². The summed E-state index contributed by atoms with van der Waals surface area (Å²) in [6.45, 7) is 3.17. The Bertz CT molecular complexity index is 1630. The number of ether oxygens (including phenoxy) is 1. The van der Waals surface area contributed by atoms with Crippen LogP contribution in [0.1, 0.15) is 40.1 Å². The van der Waals surface area contributed by atoms with Crippen LogP contribution in [0.2, 0.25) is 0 Å². The predicted octanol–water partition coefficient (Wildman–Crippen LogP) is 6.99. The fourth-order valence-electron chi connectivity index (χ4n) is 4.17. The van der Waals surface area contributed by atoms with E-state index in [1.54, 1.807) is 31.2 Å². The number of fused-ring (bicyclic) bond motifs is 1. The van der Waals surface area contributed by atoms with Crippen molar-refractivity contribution in [3.8, 4) is 11.3 Å². The number of amides is 2. The van der Waals surface area contributed by atoms with Crippen LogP contribution >= 0.6 is 11.3 Å². The van der Waals surface area contributed by atoms with Gasteiger partial charge in [0, 0.05) is 23.6 Å². The van der Waals surface area contributed by atoms with E-state index in [0.717, 1.165) is 10.9 Å². The summed E-state index contributed by atoms with van der Waals surface area (Å²) in [6, 6.07) is 27.5. The molecule has 1 atom stereocenters. The van der Waals surface area contributed by atoms with Gasteiger partial charge in [-0.1, -0.05) is 78.1 Å². The molecule has 0 aliphatic rings. The molecule has 0 aliphatic heterocycles. The summed E-state index contributed by atoms with van der Waals surface area (Å²) in [4.78, 5) is 43.6. The van der Waals surface area contributed by atoms with Crippen LogP contribution < -0.4 is 10.6 Å². The van der Waals surface area contributed by atoms with Gasteiger partial charge in [0.1, 0.15) is 11.8 Å². The molecular formula is C29H24N4O4S. The molecule has 0 saturated carbocycles. The molecule has 190 valence electrons. The van der Waals surface area contributed by atoms with Crippen molar-refractivity contribution in [3.05, 3.63) is 102 Å². The number of hydrogen-bond donors (Lipinski definition) is 2. The molecule has 0 radical (unpaired) electrons. The molecule has 5 rings (SSSR count). The van der Waals surface area contributed by atoms with E-state index in [4.69, 9.17) is 4.74 Å². The first-order chi connectivity index (χ1) is 18.4. The Kier molecular flexibility index (Phi) is 7.01. The molecule has 3 aromatic carbocycles. The van der Waals surface area contributed by atoms with Gasteiger partial charge in [0.15, 0.2) is 5.13 Å². The molecule has 1 unspecified atom stereocenters. The Morgan fingerprint density at radius 1 is 0.895 bits per heavy atom. The third kappa shape index (κ3) is 5.18. The molecule has 2 heterocycles. The minimum Gasteiger partial charge on any atom is -0.440 e. The van der Waals surface area contributed by atoms with Crippen molar-refractivity contribution in [2.45, 2.75) is 20.0 Å². The molecule has 0 fully saturated rings. The van der Waals surface area contributed by atoms with E-state index in [1.165, 1.54) is 22.8 Å². The van der Waals surface area contributed by atoms with E-state index in [9.17, 15) is 14.4 Å². The quantitative estimate of drug-likeness (QED) is 0.249. The van der Waals surface area contributed by atoms with Crippen molar-refractivity contribution < 1.29 is 19.1 Å². The Labute approximate surface area is 222 Å². The number of carbonyl (C=O) groups is 3. The Morgan fingerprint density at radius 2 is 1.55 bits per heavy atom. The Balaban J connectivity index is 1.44. The number of nitrogens with one attached hydrogen (secondary N) is 2. The highest BCUT2D eigenvalue weighted by Crippen LogP contribution is 2.37. The fraction of sp³-hybridized carbons (Fsp3) is 0.103. The second-order valence-corrected chi connectivity index (χ2v) is 9.56. The number of anilines is 2. The average Bonchev–Trinajstić information content (AvgIpc) is 3.52. The lowest BCUT2D eigenvalue weighted by Crippen LogP contribution is -2.19. The third-order valence-corrected chi connectivity index (χ3v) is 6.98. The topological polar surface area (TPSA) is 102 Å². The highest BCUT2D eigenvalue weighted by molar-refractivity contribution is 7.16. The van der Waals surface area contributed by atoms with Crippen LogP contribution in [0, 0.1) is 0 Å². The zero-order valence-corrected chi connectivity index (χ0v) is 21.5. The second kappa shape index (κ2) is 10.7. The molecule has 0 saturated heterocycles. The fourth-order valence-corrected chi connectivity index (χ4v) is 5.13.